The minimum Gasteiger partial charge on any atom is -0.394 e. The molecule has 0 atom stereocenters. The van der Waals surface area contributed by atoms with Crippen molar-refractivity contribution in [3.8, 4) is 0 Å². The Hall–Kier alpha value is -1.29. The predicted octanol–water partition coefficient (Wildman–Crippen LogP) is 0.830. The third-order valence-electron chi connectivity index (χ3n) is 2.80. The third kappa shape index (κ3) is 4.10. The molecule has 0 amide bonds. The summed E-state index contributed by atoms with van der Waals surface area (Å²) in [6, 6.07) is 1.67. The van der Waals surface area contributed by atoms with Crippen LogP contribution in [-0.2, 0) is 19.5 Å². The Morgan fingerprint density at radius 3 is 2.14 bits per heavy atom. The molecular weight excluding hydrogens is 306 g/mol. The number of hydrogen-bond donors (Lipinski definition) is 1. The molecule has 0 fully saturated rings. The zero-order valence-corrected chi connectivity index (χ0v) is 12.6. The molecule has 6 nitrogen and oxygen atoms in total. The molecule has 0 aromatic heterocycles. The van der Waals surface area contributed by atoms with Gasteiger partial charge in [-0.1, -0.05) is 0 Å². The number of benzene rings is 1. The normalized spacial score (nSPS) is 12.0. The quantitative estimate of drug-likeness (QED) is 0.716. The van der Waals surface area contributed by atoms with Crippen LogP contribution in [0.5, 0.6) is 0 Å². The van der Waals surface area contributed by atoms with Gasteiger partial charge < -0.3 is 15.2 Å². The van der Waals surface area contributed by atoms with Crippen molar-refractivity contribution in [3.63, 3.8) is 0 Å². The highest BCUT2D eigenvalue weighted by Crippen LogP contribution is 2.25. The van der Waals surface area contributed by atoms with Crippen molar-refractivity contribution < 1.29 is 26.7 Å². The van der Waals surface area contributed by atoms with E-state index in [2.05, 4.69) is 0 Å². The molecule has 2 N–H and O–H groups in total. The predicted molar refractivity (Wildman–Crippen MR) is 73.3 cm³/mol. The van der Waals surface area contributed by atoms with Gasteiger partial charge in [-0.2, -0.15) is 4.31 Å². The molecule has 0 aliphatic heterocycles. The fourth-order valence-electron chi connectivity index (χ4n) is 1.63. The smallest absolute Gasteiger partial charge is 0.246 e. The van der Waals surface area contributed by atoms with E-state index < -0.39 is 32.2 Å². The van der Waals surface area contributed by atoms with Crippen LogP contribution in [0.3, 0.4) is 0 Å². The second kappa shape index (κ2) is 7.64. The molecule has 0 aliphatic rings. The van der Waals surface area contributed by atoms with Crippen LogP contribution in [0.25, 0.3) is 0 Å². The van der Waals surface area contributed by atoms with Crippen molar-refractivity contribution >= 4 is 15.7 Å². The molecule has 1 rings (SSSR count). The van der Waals surface area contributed by atoms with E-state index in [1.807, 2.05) is 0 Å². The minimum absolute atomic E-state index is 0.0128. The van der Waals surface area contributed by atoms with Gasteiger partial charge in [0.2, 0.25) is 10.0 Å². The average molecular weight is 324 g/mol. The summed E-state index contributed by atoms with van der Waals surface area (Å²) in [6.07, 6.45) is 0. The summed E-state index contributed by atoms with van der Waals surface area (Å²) in [7, 11) is -1.34. The average Bonchev–Trinajstić information content (AvgIpc) is 2.44. The Labute approximate surface area is 122 Å². The second-order valence-electron chi connectivity index (χ2n) is 4.16. The Morgan fingerprint density at radius 2 is 1.67 bits per heavy atom. The van der Waals surface area contributed by atoms with Gasteiger partial charge >= 0.3 is 0 Å². The van der Waals surface area contributed by atoms with E-state index in [1.165, 1.54) is 14.2 Å². The zero-order chi connectivity index (χ0) is 16.0. The Balaban J connectivity index is 3.18. The van der Waals surface area contributed by atoms with E-state index in [0.717, 1.165) is 16.4 Å². The number of nitrogens with two attached hydrogens (primary N) is 1. The summed E-state index contributed by atoms with van der Waals surface area (Å²) in [5.74, 6) is -2.30. The largest absolute Gasteiger partial charge is 0.394 e. The van der Waals surface area contributed by atoms with E-state index >= 15 is 0 Å². The van der Waals surface area contributed by atoms with Crippen LogP contribution in [0.4, 0.5) is 14.5 Å². The van der Waals surface area contributed by atoms with Crippen molar-refractivity contribution in [1.29, 1.82) is 0 Å². The Kier molecular flexibility index (Phi) is 6.46. The molecule has 0 saturated carbocycles. The van der Waals surface area contributed by atoms with Crippen molar-refractivity contribution in [2.24, 2.45) is 0 Å². The van der Waals surface area contributed by atoms with Crippen LogP contribution in [0, 0.1) is 11.6 Å². The number of halogens is 2. The molecule has 21 heavy (non-hydrogen) atoms. The van der Waals surface area contributed by atoms with Crippen molar-refractivity contribution in [3.05, 3.63) is 23.8 Å². The molecule has 0 radical (unpaired) electrons. The molecule has 9 heteroatoms. The van der Waals surface area contributed by atoms with Gasteiger partial charge in [-0.05, 0) is 12.1 Å². The van der Waals surface area contributed by atoms with Crippen molar-refractivity contribution in [2.75, 3.05) is 46.3 Å². The highest BCUT2D eigenvalue weighted by molar-refractivity contribution is 7.89. The number of methoxy groups -OCH3 is 2. The van der Waals surface area contributed by atoms with Gasteiger partial charge in [0, 0.05) is 27.3 Å². The van der Waals surface area contributed by atoms with E-state index in [4.69, 9.17) is 15.2 Å². The number of ether oxygens (including phenoxy) is 2. The number of nitrogen functional groups attached to an aromatic ring is 1. The molecule has 0 saturated heterocycles. The van der Waals surface area contributed by atoms with Gasteiger partial charge in [0.1, 0.15) is 16.4 Å². The fourth-order valence-corrected chi connectivity index (χ4v) is 3.11. The molecule has 0 aliphatic carbocycles. The van der Waals surface area contributed by atoms with Gasteiger partial charge in [-0.25, -0.2) is 17.2 Å². The van der Waals surface area contributed by atoms with Crippen LogP contribution in [0.1, 0.15) is 0 Å². The number of hydrogen-bond acceptors (Lipinski definition) is 5. The Bertz CT molecular complexity index is 573. The fraction of sp³-hybridized carbons (Fsp3) is 0.500. The molecule has 120 valence electrons. The minimum atomic E-state index is -4.16. The van der Waals surface area contributed by atoms with Gasteiger partial charge in [-0.15, -0.1) is 0 Å². The van der Waals surface area contributed by atoms with E-state index in [0.29, 0.717) is 0 Å². The second-order valence-corrected chi connectivity index (χ2v) is 6.07. The van der Waals surface area contributed by atoms with Crippen LogP contribution in [-0.4, -0.2) is 53.2 Å². The molecule has 1 aromatic rings. The third-order valence-corrected chi connectivity index (χ3v) is 4.71. The first-order valence-electron chi connectivity index (χ1n) is 6.07. The summed E-state index contributed by atoms with van der Waals surface area (Å²) < 4.78 is 62.6. The van der Waals surface area contributed by atoms with E-state index in [-0.39, 0.29) is 26.3 Å². The summed E-state index contributed by atoms with van der Waals surface area (Å²) >= 11 is 0. The first-order chi connectivity index (χ1) is 9.86. The maximum atomic E-state index is 13.9. The lowest BCUT2D eigenvalue weighted by Crippen LogP contribution is -2.37. The standard InChI is InChI=1S/C12H18F2N2O4S/c1-19-7-5-16(6-8-20-2)21(17,18)10-4-3-9(13)12(15)11(10)14/h3-4H,5-8,15H2,1-2H3. The highest BCUT2D eigenvalue weighted by Gasteiger charge is 2.29. The summed E-state index contributed by atoms with van der Waals surface area (Å²) in [5, 5.41) is 0. The summed E-state index contributed by atoms with van der Waals surface area (Å²) in [5.41, 5.74) is 4.37. The molecular formula is C12H18F2N2O4S. The molecule has 0 spiro atoms. The van der Waals surface area contributed by atoms with Gasteiger partial charge in [-0.3, -0.25) is 0 Å². The first kappa shape index (κ1) is 17.8. The van der Waals surface area contributed by atoms with E-state index in [1.54, 1.807) is 0 Å². The van der Waals surface area contributed by atoms with Crippen LogP contribution < -0.4 is 5.73 Å². The van der Waals surface area contributed by atoms with E-state index in [9.17, 15) is 17.2 Å². The molecule has 0 heterocycles. The molecule has 0 unspecified atom stereocenters. The maximum absolute atomic E-state index is 13.9. The number of rotatable bonds is 8. The van der Waals surface area contributed by atoms with Gasteiger partial charge in [0.25, 0.3) is 0 Å². The van der Waals surface area contributed by atoms with Crippen molar-refractivity contribution in [1.82, 2.24) is 4.31 Å². The van der Waals surface area contributed by atoms with Crippen LogP contribution in [0.15, 0.2) is 17.0 Å². The van der Waals surface area contributed by atoms with Gasteiger partial charge in [0.05, 0.1) is 13.2 Å². The van der Waals surface area contributed by atoms with Gasteiger partial charge in [0.15, 0.2) is 5.82 Å². The maximum Gasteiger partial charge on any atom is 0.246 e. The van der Waals surface area contributed by atoms with Crippen molar-refractivity contribution in [2.45, 2.75) is 4.90 Å². The lowest BCUT2D eigenvalue weighted by Gasteiger charge is -2.22. The lowest BCUT2D eigenvalue weighted by atomic mass is 10.3. The lowest BCUT2D eigenvalue weighted by molar-refractivity contribution is 0.150. The van der Waals surface area contributed by atoms with Crippen LogP contribution in [0.2, 0.25) is 0 Å². The topological polar surface area (TPSA) is 81.9 Å². The first-order valence-corrected chi connectivity index (χ1v) is 7.51. The number of anilines is 1. The monoisotopic (exact) mass is 324 g/mol. The van der Waals surface area contributed by atoms with Crippen LogP contribution >= 0.6 is 0 Å². The SMILES string of the molecule is COCCN(CCOC)S(=O)(=O)c1ccc(F)c(N)c1F. The number of sulfonamides is 1. The number of nitrogens with zero attached hydrogens (tertiary/aromatic N) is 1. The summed E-state index contributed by atoms with van der Waals surface area (Å²) in [6.45, 7) is 0.278. The summed E-state index contributed by atoms with van der Waals surface area (Å²) in [4.78, 5) is -0.673. The highest BCUT2D eigenvalue weighted by atomic mass is 32.2. The molecule has 0 bridgehead atoms. The Morgan fingerprint density at radius 1 is 1.14 bits per heavy atom. The molecule has 1 aromatic carbocycles. The zero-order valence-electron chi connectivity index (χ0n) is 11.8.